The van der Waals surface area contributed by atoms with E-state index in [1.165, 1.54) is 103 Å². The van der Waals surface area contributed by atoms with Gasteiger partial charge in [0.15, 0.2) is 5.05 Å². The molecule has 22 heavy (non-hydrogen) atoms. The summed E-state index contributed by atoms with van der Waals surface area (Å²) in [7, 11) is 1.68. The average molecular weight is 329 g/mol. The van der Waals surface area contributed by atoms with E-state index in [9.17, 15) is 0 Å². The predicted octanol–water partition coefficient (Wildman–Crippen LogP) is 7.61. The lowest BCUT2D eigenvalue weighted by molar-refractivity contribution is 0.399. The normalized spacial score (nSPS) is 10.8. The summed E-state index contributed by atoms with van der Waals surface area (Å²) in [5.41, 5.74) is 0. The molecule has 0 fully saturated rings. The van der Waals surface area contributed by atoms with Crippen LogP contribution in [0.2, 0.25) is 0 Å². The van der Waals surface area contributed by atoms with Crippen molar-refractivity contribution in [2.45, 2.75) is 116 Å². The minimum atomic E-state index is 0.769. The minimum Gasteiger partial charge on any atom is -0.490 e. The summed E-state index contributed by atoms with van der Waals surface area (Å²) in [6, 6.07) is 0. The van der Waals surface area contributed by atoms with E-state index < -0.39 is 0 Å². The maximum atomic E-state index is 5.04. The van der Waals surface area contributed by atoms with Gasteiger partial charge in [0.2, 0.25) is 0 Å². The minimum absolute atomic E-state index is 0.769. The summed E-state index contributed by atoms with van der Waals surface area (Å²) in [6.45, 7) is 2.29. The van der Waals surface area contributed by atoms with Gasteiger partial charge in [0.25, 0.3) is 0 Å². The van der Waals surface area contributed by atoms with Crippen LogP contribution in [0.25, 0.3) is 0 Å². The predicted molar refractivity (Wildman–Crippen MR) is 104 cm³/mol. The zero-order chi connectivity index (χ0) is 16.3. The van der Waals surface area contributed by atoms with Crippen molar-refractivity contribution < 1.29 is 4.74 Å². The average Bonchev–Trinajstić information content (AvgIpc) is 2.54. The van der Waals surface area contributed by atoms with Crippen molar-refractivity contribution in [3.8, 4) is 0 Å². The van der Waals surface area contributed by atoms with Crippen molar-refractivity contribution >= 4 is 17.3 Å². The summed E-state index contributed by atoms with van der Waals surface area (Å²) in [6.07, 6.45) is 23.6. The molecular weight excluding hydrogens is 288 g/mol. The molecule has 0 bridgehead atoms. The van der Waals surface area contributed by atoms with E-state index in [0.717, 1.165) is 11.5 Å². The first-order valence-corrected chi connectivity index (χ1v) is 10.3. The number of hydrogen-bond donors (Lipinski definition) is 0. The maximum Gasteiger partial charge on any atom is 0.159 e. The van der Waals surface area contributed by atoms with Gasteiger partial charge in [0.05, 0.1) is 7.11 Å². The molecule has 0 N–H and O–H groups in total. The van der Waals surface area contributed by atoms with Crippen LogP contribution in [-0.2, 0) is 4.74 Å². The Labute approximate surface area is 145 Å². The molecule has 0 heterocycles. The van der Waals surface area contributed by atoms with Gasteiger partial charge in [0.1, 0.15) is 0 Å². The highest BCUT2D eigenvalue weighted by molar-refractivity contribution is 7.80. The van der Waals surface area contributed by atoms with Gasteiger partial charge in [-0.05, 0) is 18.6 Å². The number of methoxy groups -OCH3 is 1. The Balaban J connectivity index is 2.98. The van der Waals surface area contributed by atoms with Crippen LogP contribution in [0.5, 0.6) is 0 Å². The number of unbranched alkanes of at least 4 members (excludes halogenated alkanes) is 15. The Bertz CT molecular complexity index is 228. The van der Waals surface area contributed by atoms with Gasteiger partial charge in [-0.2, -0.15) is 0 Å². The van der Waals surface area contributed by atoms with E-state index in [1.54, 1.807) is 7.11 Å². The van der Waals surface area contributed by atoms with Crippen LogP contribution in [0.4, 0.5) is 0 Å². The SMILES string of the molecule is CCCCCCCCCCCCCCCCCCC(=S)OC. The van der Waals surface area contributed by atoms with Crippen molar-refractivity contribution in [1.29, 1.82) is 0 Å². The molecular formula is C20H40OS. The lowest BCUT2D eigenvalue weighted by atomic mass is 10.0. The molecule has 0 aromatic rings. The molecule has 1 nitrogen and oxygen atoms in total. The molecule has 0 saturated carbocycles. The summed E-state index contributed by atoms with van der Waals surface area (Å²) >= 11 is 5.04. The largest absolute Gasteiger partial charge is 0.490 e. The Morgan fingerprint density at radius 1 is 0.591 bits per heavy atom. The van der Waals surface area contributed by atoms with Crippen molar-refractivity contribution in [2.24, 2.45) is 0 Å². The molecule has 0 aromatic carbocycles. The van der Waals surface area contributed by atoms with Crippen LogP contribution in [0.15, 0.2) is 0 Å². The zero-order valence-corrected chi connectivity index (χ0v) is 16.2. The molecule has 0 saturated heterocycles. The Morgan fingerprint density at radius 3 is 1.23 bits per heavy atom. The van der Waals surface area contributed by atoms with Crippen LogP contribution in [0, 0.1) is 0 Å². The third kappa shape index (κ3) is 17.9. The fourth-order valence-electron chi connectivity index (χ4n) is 2.92. The fourth-order valence-corrected chi connectivity index (χ4v) is 3.06. The Kier molecular flexibility index (Phi) is 18.8. The molecule has 0 rings (SSSR count). The van der Waals surface area contributed by atoms with Gasteiger partial charge in [-0.1, -0.05) is 103 Å². The quantitative estimate of drug-likeness (QED) is 0.201. The monoisotopic (exact) mass is 328 g/mol. The number of ether oxygens (including phenoxy) is 1. The fraction of sp³-hybridized carbons (Fsp3) is 0.950. The highest BCUT2D eigenvalue weighted by atomic mass is 32.1. The van der Waals surface area contributed by atoms with E-state index in [4.69, 9.17) is 17.0 Å². The van der Waals surface area contributed by atoms with Gasteiger partial charge in [-0.3, -0.25) is 0 Å². The third-order valence-corrected chi connectivity index (χ3v) is 4.83. The van der Waals surface area contributed by atoms with Crippen molar-refractivity contribution in [2.75, 3.05) is 7.11 Å². The van der Waals surface area contributed by atoms with E-state index in [2.05, 4.69) is 6.92 Å². The second-order valence-electron chi connectivity index (χ2n) is 6.63. The van der Waals surface area contributed by atoms with Crippen molar-refractivity contribution in [3.63, 3.8) is 0 Å². The van der Waals surface area contributed by atoms with Crippen molar-refractivity contribution in [1.82, 2.24) is 0 Å². The molecule has 0 aromatic heterocycles. The highest BCUT2D eigenvalue weighted by Crippen LogP contribution is 2.14. The molecule has 2 heteroatoms. The molecule has 0 aliphatic rings. The topological polar surface area (TPSA) is 9.23 Å². The highest BCUT2D eigenvalue weighted by Gasteiger charge is 1.96. The summed E-state index contributed by atoms with van der Waals surface area (Å²) in [5.74, 6) is 0. The van der Waals surface area contributed by atoms with Gasteiger partial charge < -0.3 is 4.74 Å². The lowest BCUT2D eigenvalue weighted by Crippen LogP contribution is -1.96. The van der Waals surface area contributed by atoms with Crippen LogP contribution in [-0.4, -0.2) is 12.2 Å². The molecule has 0 amide bonds. The van der Waals surface area contributed by atoms with Crippen LogP contribution < -0.4 is 0 Å². The van der Waals surface area contributed by atoms with Crippen molar-refractivity contribution in [3.05, 3.63) is 0 Å². The molecule has 0 aliphatic carbocycles. The standard InChI is InChI=1S/C20H40OS/c1-3-4-5-6-7-8-9-10-11-12-13-14-15-16-17-18-19-20(22)21-2/h3-19H2,1-2H3. The summed E-state index contributed by atoms with van der Waals surface area (Å²) in [5, 5.41) is 0.769. The Morgan fingerprint density at radius 2 is 0.909 bits per heavy atom. The molecule has 0 atom stereocenters. The summed E-state index contributed by atoms with van der Waals surface area (Å²) < 4.78 is 5.01. The third-order valence-electron chi connectivity index (χ3n) is 4.46. The molecule has 0 spiro atoms. The number of hydrogen-bond acceptors (Lipinski definition) is 2. The Hall–Kier alpha value is -0.110. The summed E-state index contributed by atoms with van der Waals surface area (Å²) in [4.78, 5) is 0. The second-order valence-corrected chi connectivity index (χ2v) is 7.08. The molecule has 0 aliphatic heterocycles. The van der Waals surface area contributed by atoms with Crippen LogP contribution in [0.1, 0.15) is 116 Å². The number of thiocarbonyl (C=S) groups is 1. The van der Waals surface area contributed by atoms with E-state index >= 15 is 0 Å². The van der Waals surface area contributed by atoms with Gasteiger partial charge in [-0.15, -0.1) is 0 Å². The van der Waals surface area contributed by atoms with E-state index in [0.29, 0.717) is 0 Å². The molecule has 132 valence electrons. The first kappa shape index (κ1) is 21.9. The molecule has 0 radical (unpaired) electrons. The van der Waals surface area contributed by atoms with E-state index in [-0.39, 0.29) is 0 Å². The molecule has 0 unspecified atom stereocenters. The smallest absolute Gasteiger partial charge is 0.159 e. The van der Waals surface area contributed by atoms with E-state index in [1.807, 2.05) is 0 Å². The number of rotatable bonds is 17. The van der Waals surface area contributed by atoms with Gasteiger partial charge >= 0.3 is 0 Å². The van der Waals surface area contributed by atoms with Crippen LogP contribution >= 0.6 is 12.2 Å². The van der Waals surface area contributed by atoms with Gasteiger partial charge in [-0.25, -0.2) is 0 Å². The first-order valence-electron chi connectivity index (χ1n) is 9.88. The zero-order valence-electron chi connectivity index (χ0n) is 15.3. The first-order chi connectivity index (χ1) is 10.8. The van der Waals surface area contributed by atoms with Crippen LogP contribution in [0.3, 0.4) is 0 Å². The maximum absolute atomic E-state index is 5.04. The lowest BCUT2D eigenvalue weighted by Gasteiger charge is -2.04. The van der Waals surface area contributed by atoms with Gasteiger partial charge in [0, 0.05) is 6.42 Å². The second kappa shape index (κ2) is 18.9.